The van der Waals surface area contributed by atoms with Crippen LogP contribution in [0.2, 0.25) is 0 Å². The third kappa shape index (κ3) is 2.21. The minimum absolute atomic E-state index is 0.115. The maximum atomic E-state index is 12.8. The molecule has 1 saturated carbocycles. The Balaban J connectivity index is 1.57. The number of likely N-dealkylation sites (tertiary alicyclic amines) is 1. The van der Waals surface area contributed by atoms with Crippen LogP contribution >= 0.6 is 0 Å². The predicted molar refractivity (Wildman–Crippen MR) is 79.8 cm³/mol. The van der Waals surface area contributed by atoms with Crippen molar-refractivity contribution < 1.29 is 9.59 Å². The fourth-order valence-corrected chi connectivity index (χ4v) is 3.69. The van der Waals surface area contributed by atoms with Gasteiger partial charge < -0.3 is 9.80 Å². The molecule has 0 unspecified atom stereocenters. The van der Waals surface area contributed by atoms with Crippen LogP contribution in [0.5, 0.6) is 0 Å². The molecular formula is C16H22N4O2. The van der Waals surface area contributed by atoms with Gasteiger partial charge in [0.15, 0.2) is 0 Å². The Morgan fingerprint density at radius 1 is 1.18 bits per heavy atom. The van der Waals surface area contributed by atoms with E-state index in [1.807, 2.05) is 20.5 Å². The average molecular weight is 302 g/mol. The Bertz CT molecular complexity index is 605. The van der Waals surface area contributed by atoms with Crippen molar-refractivity contribution in [3.8, 4) is 0 Å². The zero-order valence-corrected chi connectivity index (χ0v) is 12.9. The molecule has 118 valence electrons. The molecule has 3 aliphatic rings. The number of carbonyl (C=O) groups is 2. The molecule has 6 heteroatoms. The Morgan fingerprint density at radius 2 is 1.91 bits per heavy atom. The Kier molecular flexibility index (Phi) is 3.20. The molecule has 1 aliphatic carbocycles. The molecule has 2 fully saturated rings. The highest BCUT2D eigenvalue weighted by Crippen LogP contribution is 2.40. The second kappa shape index (κ2) is 5.11. The molecule has 3 heterocycles. The summed E-state index contributed by atoms with van der Waals surface area (Å²) in [6.45, 7) is 4.82. The van der Waals surface area contributed by atoms with Gasteiger partial charge in [-0.2, -0.15) is 5.10 Å². The molecule has 0 aromatic carbocycles. The fraction of sp³-hybridized carbons (Fsp3) is 0.688. The van der Waals surface area contributed by atoms with Crippen LogP contribution in [0.3, 0.4) is 0 Å². The summed E-state index contributed by atoms with van der Waals surface area (Å²) in [5, 5.41) is 4.33. The molecule has 4 rings (SSSR count). The van der Waals surface area contributed by atoms with Gasteiger partial charge in [-0.1, -0.05) is 6.92 Å². The summed E-state index contributed by atoms with van der Waals surface area (Å²) in [5.41, 5.74) is 0.963. The monoisotopic (exact) mass is 302 g/mol. The first-order valence-corrected chi connectivity index (χ1v) is 8.25. The van der Waals surface area contributed by atoms with Crippen molar-refractivity contribution >= 4 is 11.8 Å². The molecule has 2 aliphatic heterocycles. The summed E-state index contributed by atoms with van der Waals surface area (Å²) in [6, 6.07) is 1.56. The summed E-state index contributed by atoms with van der Waals surface area (Å²) in [7, 11) is 0. The van der Waals surface area contributed by atoms with E-state index >= 15 is 0 Å². The van der Waals surface area contributed by atoms with Gasteiger partial charge in [-0.15, -0.1) is 0 Å². The normalized spacial score (nSPS) is 30.3. The second-order valence-corrected chi connectivity index (χ2v) is 6.85. The quantitative estimate of drug-likeness (QED) is 0.820. The average Bonchev–Trinajstić information content (AvgIpc) is 2.99. The van der Waals surface area contributed by atoms with Gasteiger partial charge in [0.05, 0.1) is 18.8 Å². The molecule has 1 saturated heterocycles. The first-order chi connectivity index (χ1) is 10.6. The van der Waals surface area contributed by atoms with Crippen LogP contribution in [0.25, 0.3) is 0 Å². The minimum atomic E-state index is -0.352. The molecular weight excluding hydrogens is 280 g/mol. The van der Waals surface area contributed by atoms with E-state index in [0.29, 0.717) is 19.0 Å². The molecule has 3 atom stereocenters. The van der Waals surface area contributed by atoms with Crippen molar-refractivity contribution in [1.29, 1.82) is 0 Å². The molecule has 22 heavy (non-hydrogen) atoms. The third-order valence-corrected chi connectivity index (χ3v) is 5.23. The lowest BCUT2D eigenvalue weighted by Gasteiger charge is -2.35. The number of aromatic nitrogens is 2. The van der Waals surface area contributed by atoms with E-state index in [9.17, 15) is 9.59 Å². The lowest BCUT2D eigenvalue weighted by Crippen LogP contribution is -2.48. The molecule has 2 amide bonds. The van der Waals surface area contributed by atoms with E-state index in [0.717, 1.165) is 38.0 Å². The molecule has 0 spiro atoms. The highest BCUT2D eigenvalue weighted by Gasteiger charge is 2.44. The molecule has 0 N–H and O–H groups in total. The highest BCUT2D eigenvalue weighted by molar-refractivity contribution is 5.85. The maximum Gasteiger partial charge on any atom is 0.249 e. The molecule has 0 radical (unpaired) electrons. The number of nitrogens with zero attached hydrogens (tertiary/aromatic N) is 4. The Hall–Kier alpha value is -1.85. The van der Waals surface area contributed by atoms with Crippen LogP contribution in [-0.2, 0) is 16.1 Å². The van der Waals surface area contributed by atoms with Crippen molar-refractivity contribution in [1.82, 2.24) is 19.6 Å². The summed E-state index contributed by atoms with van der Waals surface area (Å²) in [5.74, 6) is 0.979. The van der Waals surface area contributed by atoms with Crippen LogP contribution in [0.4, 0.5) is 0 Å². The van der Waals surface area contributed by atoms with Gasteiger partial charge in [0.1, 0.15) is 6.04 Å². The van der Waals surface area contributed by atoms with Gasteiger partial charge in [0, 0.05) is 25.2 Å². The zero-order valence-electron chi connectivity index (χ0n) is 12.9. The second-order valence-electron chi connectivity index (χ2n) is 6.85. The largest absolute Gasteiger partial charge is 0.341 e. The maximum absolute atomic E-state index is 12.8. The summed E-state index contributed by atoms with van der Waals surface area (Å²) < 4.78 is 1.82. The van der Waals surface area contributed by atoms with Crippen LogP contribution in [0, 0.1) is 11.8 Å². The van der Waals surface area contributed by atoms with E-state index in [4.69, 9.17) is 0 Å². The minimum Gasteiger partial charge on any atom is -0.341 e. The van der Waals surface area contributed by atoms with Crippen molar-refractivity contribution in [2.24, 2.45) is 11.8 Å². The highest BCUT2D eigenvalue weighted by atomic mass is 16.2. The Morgan fingerprint density at radius 3 is 2.59 bits per heavy atom. The lowest BCUT2D eigenvalue weighted by molar-refractivity contribution is -0.140. The number of hydrogen-bond donors (Lipinski definition) is 0. The van der Waals surface area contributed by atoms with Crippen LogP contribution in [0.1, 0.15) is 37.9 Å². The fourth-order valence-electron chi connectivity index (χ4n) is 3.69. The molecule has 1 aromatic heterocycles. The van der Waals surface area contributed by atoms with Crippen molar-refractivity contribution in [2.75, 3.05) is 19.6 Å². The molecule has 1 aromatic rings. The molecule has 6 nitrogen and oxygen atoms in total. The van der Waals surface area contributed by atoms with E-state index in [-0.39, 0.29) is 23.8 Å². The van der Waals surface area contributed by atoms with E-state index in [1.165, 1.54) is 0 Å². The number of amides is 2. The van der Waals surface area contributed by atoms with Gasteiger partial charge in [-0.3, -0.25) is 14.3 Å². The van der Waals surface area contributed by atoms with Gasteiger partial charge in [-0.25, -0.2) is 0 Å². The standard InChI is InChI=1S/C16H22N4O2/c1-11-8-13(11)15(21)19-9-12-4-5-17-20(12)14(10-19)16(22)18-6-2-3-7-18/h4-5,11,13-14H,2-3,6-10H2,1H3/t11-,13+,14-/m1/s1. The number of rotatable bonds is 2. The van der Waals surface area contributed by atoms with Crippen LogP contribution < -0.4 is 0 Å². The summed E-state index contributed by atoms with van der Waals surface area (Å²) in [6.07, 6.45) is 4.87. The molecule has 0 bridgehead atoms. The summed E-state index contributed by atoms with van der Waals surface area (Å²) in [4.78, 5) is 29.2. The van der Waals surface area contributed by atoms with Gasteiger partial charge in [0.25, 0.3) is 0 Å². The zero-order chi connectivity index (χ0) is 15.3. The Labute approximate surface area is 130 Å². The predicted octanol–water partition coefficient (Wildman–Crippen LogP) is 1.04. The lowest BCUT2D eigenvalue weighted by atomic mass is 10.1. The number of fused-ring (bicyclic) bond motifs is 1. The summed E-state index contributed by atoms with van der Waals surface area (Å²) >= 11 is 0. The van der Waals surface area contributed by atoms with Crippen molar-refractivity contribution in [2.45, 2.75) is 38.8 Å². The smallest absolute Gasteiger partial charge is 0.249 e. The third-order valence-electron chi connectivity index (χ3n) is 5.23. The van der Waals surface area contributed by atoms with Crippen LogP contribution in [-0.4, -0.2) is 51.0 Å². The van der Waals surface area contributed by atoms with Crippen LogP contribution in [0.15, 0.2) is 12.3 Å². The van der Waals surface area contributed by atoms with Crippen molar-refractivity contribution in [3.05, 3.63) is 18.0 Å². The number of carbonyl (C=O) groups excluding carboxylic acids is 2. The first kappa shape index (κ1) is 13.8. The van der Waals surface area contributed by atoms with Gasteiger partial charge in [0.2, 0.25) is 11.8 Å². The van der Waals surface area contributed by atoms with E-state index in [2.05, 4.69) is 12.0 Å². The number of hydrogen-bond acceptors (Lipinski definition) is 3. The SMILES string of the molecule is C[C@@H]1C[C@@H]1C(=O)N1Cc2ccnn2[C@@H](C(=O)N2CCCC2)C1. The van der Waals surface area contributed by atoms with E-state index < -0.39 is 0 Å². The van der Waals surface area contributed by atoms with Crippen molar-refractivity contribution in [3.63, 3.8) is 0 Å². The van der Waals surface area contributed by atoms with Gasteiger partial charge >= 0.3 is 0 Å². The first-order valence-electron chi connectivity index (χ1n) is 8.25. The van der Waals surface area contributed by atoms with Gasteiger partial charge in [-0.05, 0) is 31.2 Å². The van der Waals surface area contributed by atoms with E-state index in [1.54, 1.807) is 6.20 Å². The topological polar surface area (TPSA) is 58.4 Å².